The van der Waals surface area contributed by atoms with Gasteiger partial charge in [-0.3, -0.25) is 14.5 Å². The van der Waals surface area contributed by atoms with Crippen LogP contribution < -0.4 is 4.72 Å². The summed E-state index contributed by atoms with van der Waals surface area (Å²) in [6, 6.07) is 17.7. The van der Waals surface area contributed by atoms with E-state index >= 15 is 0 Å². The summed E-state index contributed by atoms with van der Waals surface area (Å²) >= 11 is 0. The first-order valence-corrected chi connectivity index (χ1v) is 13.6. The Labute approximate surface area is 216 Å². The van der Waals surface area contributed by atoms with Crippen molar-refractivity contribution < 1.29 is 13.2 Å². The number of carbonyl (C=O) groups excluding carboxylic acids is 1. The van der Waals surface area contributed by atoms with Gasteiger partial charge in [0.05, 0.1) is 11.2 Å². The molecule has 0 spiro atoms. The first-order valence-electron chi connectivity index (χ1n) is 12.2. The van der Waals surface area contributed by atoms with Crippen LogP contribution in [0.3, 0.4) is 0 Å². The molecule has 5 rings (SSSR count). The zero-order valence-electron chi connectivity index (χ0n) is 20.4. The van der Waals surface area contributed by atoms with Crippen LogP contribution in [0.1, 0.15) is 46.4 Å². The molecule has 8 heteroatoms. The number of aryl methyl sites for hydroxylation is 1. The molecular formula is C29H26N4O3S. The van der Waals surface area contributed by atoms with E-state index < -0.39 is 10.0 Å². The molecule has 0 radical (unpaired) electrons. The van der Waals surface area contributed by atoms with Crippen LogP contribution in [0.15, 0.2) is 78.0 Å². The number of hydrogen-bond acceptors (Lipinski definition) is 5. The fourth-order valence-corrected chi connectivity index (χ4v) is 5.91. The Kier molecular flexibility index (Phi) is 6.89. The van der Waals surface area contributed by atoms with Crippen molar-refractivity contribution in [2.75, 3.05) is 17.8 Å². The molecular weight excluding hydrogens is 484 g/mol. The number of likely N-dealkylation sites (tertiary alicyclic amines) is 1. The zero-order chi connectivity index (χ0) is 25.8. The molecule has 0 bridgehead atoms. The first kappa shape index (κ1) is 24.5. The van der Waals surface area contributed by atoms with E-state index in [4.69, 9.17) is 0 Å². The zero-order valence-corrected chi connectivity index (χ0v) is 21.3. The largest absolute Gasteiger partial charge is 0.337 e. The Balaban J connectivity index is 1.39. The molecule has 3 heterocycles. The number of hydrogen-bond donors (Lipinski definition) is 1. The smallest absolute Gasteiger partial charge is 0.272 e. The van der Waals surface area contributed by atoms with E-state index in [1.165, 1.54) is 0 Å². The average molecular weight is 511 g/mol. The maximum Gasteiger partial charge on any atom is 0.272 e. The van der Waals surface area contributed by atoms with Crippen LogP contribution in [-0.2, 0) is 10.0 Å². The van der Waals surface area contributed by atoms with Crippen LogP contribution in [0.4, 0.5) is 5.69 Å². The quantitative estimate of drug-likeness (QED) is 0.400. The van der Waals surface area contributed by atoms with E-state index in [0.717, 1.165) is 37.7 Å². The van der Waals surface area contributed by atoms with E-state index in [0.29, 0.717) is 33.6 Å². The van der Waals surface area contributed by atoms with Gasteiger partial charge in [-0.05, 0) is 62.1 Å². The number of amides is 1. The van der Waals surface area contributed by atoms with Gasteiger partial charge in [0.25, 0.3) is 15.9 Å². The van der Waals surface area contributed by atoms with Crippen LogP contribution in [0.5, 0.6) is 0 Å². The van der Waals surface area contributed by atoms with E-state index in [9.17, 15) is 13.2 Å². The van der Waals surface area contributed by atoms with Gasteiger partial charge in [-0.15, -0.1) is 0 Å². The van der Waals surface area contributed by atoms with Crippen LogP contribution >= 0.6 is 0 Å². The number of benzene rings is 2. The molecule has 2 aromatic heterocycles. The van der Waals surface area contributed by atoms with E-state index in [-0.39, 0.29) is 10.8 Å². The second kappa shape index (κ2) is 10.4. The molecule has 37 heavy (non-hydrogen) atoms. The normalized spacial score (nSPS) is 13.6. The van der Waals surface area contributed by atoms with Crippen molar-refractivity contribution >= 4 is 32.5 Å². The Hall–Kier alpha value is -4.22. The van der Waals surface area contributed by atoms with Gasteiger partial charge in [0.15, 0.2) is 0 Å². The minimum absolute atomic E-state index is 0.0582. The number of piperidine rings is 1. The second-order valence-electron chi connectivity index (χ2n) is 8.97. The SMILES string of the molecule is Cc1ccc2cccnc2c1S(=O)(=O)Nc1ccccc1C#Cc1ccc(C(=O)N2CCCCC2)nc1. The highest BCUT2D eigenvalue weighted by Gasteiger charge is 2.22. The number of para-hydroxylation sites is 1. The second-order valence-corrected chi connectivity index (χ2v) is 10.6. The molecule has 1 saturated heterocycles. The molecule has 0 atom stereocenters. The number of nitrogens with one attached hydrogen (secondary N) is 1. The van der Waals surface area contributed by atoms with E-state index in [1.54, 1.807) is 67.8 Å². The van der Waals surface area contributed by atoms with Crippen molar-refractivity contribution in [1.29, 1.82) is 0 Å². The topological polar surface area (TPSA) is 92.3 Å². The molecule has 1 aliphatic rings. The maximum atomic E-state index is 13.4. The average Bonchev–Trinajstić information content (AvgIpc) is 2.92. The highest BCUT2D eigenvalue weighted by Crippen LogP contribution is 2.27. The van der Waals surface area contributed by atoms with Crippen molar-refractivity contribution in [3.63, 3.8) is 0 Å². The molecule has 1 aliphatic heterocycles. The molecule has 0 saturated carbocycles. The van der Waals surface area contributed by atoms with Gasteiger partial charge in [0, 0.05) is 42.0 Å². The minimum atomic E-state index is -3.94. The highest BCUT2D eigenvalue weighted by atomic mass is 32.2. The van der Waals surface area contributed by atoms with Crippen LogP contribution in [0, 0.1) is 18.8 Å². The number of rotatable bonds is 4. The van der Waals surface area contributed by atoms with Gasteiger partial charge in [-0.2, -0.15) is 0 Å². The third-order valence-electron chi connectivity index (χ3n) is 6.33. The number of aromatic nitrogens is 2. The summed E-state index contributed by atoms with van der Waals surface area (Å²) in [6.07, 6.45) is 6.35. The van der Waals surface area contributed by atoms with Crippen molar-refractivity contribution in [2.45, 2.75) is 31.1 Å². The van der Waals surface area contributed by atoms with Crippen molar-refractivity contribution in [1.82, 2.24) is 14.9 Å². The fourth-order valence-electron chi connectivity index (χ4n) is 4.43. The van der Waals surface area contributed by atoms with Gasteiger partial charge in [-0.25, -0.2) is 13.4 Å². The predicted octanol–water partition coefficient (Wildman–Crippen LogP) is 4.76. The van der Waals surface area contributed by atoms with Crippen molar-refractivity contribution in [3.8, 4) is 11.8 Å². The Morgan fingerprint density at radius 2 is 1.73 bits per heavy atom. The van der Waals surface area contributed by atoms with Gasteiger partial charge in [0.2, 0.25) is 0 Å². The Morgan fingerprint density at radius 3 is 2.51 bits per heavy atom. The summed E-state index contributed by atoms with van der Waals surface area (Å²) in [5.41, 5.74) is 2.94. The summed E-state index contributed by atoms with van der Waals surface area (Å²) in [6.45, 7) is 3.29. The molecule has 1 fully saturated rings. The molecule has 7 nitrogen and oxygen atoms in total. The number of pyridine rings is 2. The van der Waals surface area contributed by atoms with Crippen LogP contribution in [0.2, 0.25) is 0 Å². The lowest BCUT2D eigenvalue weighted by Gasteiger charge is -2.26. The van der Waals surface area contributed by atoms with Crippen LogP contribution in [-0.4, -0.2) is 42.3 Å². The number of nitrogens with zero attached hydrogens (tertiary/aromatic N) is 3. The van der Waals surface area contributed by atoms with Crippen molar-refractivity contribution in [2.24, 2.45) is 0 Å². The van der Waals surface area contributed by atoms with Gasteiger partial charge in [-0.1, -0.05) is 42.2 Å². The van der Waals surface area contributed by atoms with Gasteiger partial charge in [0.1, 0.15) is 10.6 Å². The minimum Gasteiger partial charge on any atom is -0.337 e. The summed E-state index contributed by atoms with van der Waals surface area (Å²) in [5, 5.41) is 0.747. The standard InChI is InChI=1S/C29H26N4O3S/c1-21-11-14-24-9-7-17-30-27(24)28(21)37(35,36)32-25-10-4-3-8-23(25)15-12-22-13-16-26(31-20-22)29(34)33-18-5-2-6-19-33/h3-4,7-11,13-14,16-17,20,32H,2,5-6,18-19H2,1H3. The third kappa shape index (κ3) is 5.32. The van der Waals surface area contributed by atoms with Gasteiger partial charge >= 0.3 is 0 Å². The molecule has 2 aromatic carbocycles. The van der Waals surface area contributed by atoms with E-state index in [1.807, 2.05) is 17.0 Å². The number of sulfonamides is 1. The number of carbonyl (C=O) groups is 1. The lowest BCUT2D eigenvalue weighted by Crippen LogP contribution is -2.36. The lowest BCUT2D eigenvalue weighted by molar-refractivity contribution is 0.0718. The lowest BCUT2D eigenvalue weighted by atomic mass is 10.1. The summed E-state index contributed by atoms with van der Waals surface area (Å²) in [7, 11) is -3.94. The maximum absolute atomic E-state index is 13.4. The first-order chi connectivity index (χ1) is 17.9. The molecule has 0 unspecified atom stereocenters. The fraction of sp³-hybridized carbons (Fsp3) is 0.207. The van der Waals surface area contributed by atoms with Crippen LogP contribution in [0.25, 0.3) is 10.9 Å². The van der Waals surface area contributed by atoms with E-state index in [2.05, 4.69) is 26.5 Å². The summed E-state index contributed by atoms with van der Waals surface area (Å²) < 4.78 is 29.6. The van der Waals surface area contributed by atoms with Crippen molar-refractivity contribution in [3.05, 3.63) is 95.4 Å². The number of fused-ring (bicyclic) bond motifs is 1. The monoisotopic (exact) mass is 510 g/mol. The molecule has 1 amide bonds. The molecule has 1 N–H and O–H groups in total. The summed E-state index contributed by atoms with van der Waals surface area (Å²) in [5.74, 6) is 6.01. The van der Waals surface area contributed by atoms with Gasteiger partial charge < -0.3 is 4.90 Å². The third-order valence-corrected chi connectivity index (χ3v) is 7.87. The predicted molar refractivity (Wildman–Crippen MR) is 144 cm³/mol. The molecule has 4 aromatic rings. The Morgan fingerprint density at radius 1 is 0.919 bits per heavy atom. The number of anilines is 1. The highest BCUT2D eigenvalue weighted by molar-refractivity contribution is 7.93. The summed E-state index contributed by atoms with van der Waals surface area (Å²) in [4.78, 5) is 23.3. The Bertz CT molecular complexity index is 1630. The molecule has 186 valence electrons. The molecule has 0 aliphatic carbocycles.